The molecule has 8 nitrogen and oxygen atoms in total. The van der Waals surface area contributed by atoms with Crippen molar-refractivity contribution in [3.05, 3.63) is 29.6 Å². The van der Waals surface area contributed by atoms with Crippen LogP contribution in [0.3, 0.4) is 0 Å². The van der Waals surface area contributed by atoms with Crippen LogP contribution in [0, 0.1) is 11.7 Å². The van der Waals surface area contributed by atoms with Gasteiger partial charge in [0.2, 0.25) is 15.9 Å². The van der Waals surface area contributed by atoms with E-state index in [2.05, 4.69) is 10.0 Å². The maximum Gasteiger partial charge on any atom is 0.324 e. The minimum Gasteiger partial charge on any atom is -0.487 e. The Balaban J connectivity index is 1.44. The van der Waals surface area contributed by atoms with Crippen molar-refractivity contribution in [3.63, 3.8) is 0 Å². The third kappa shape index (κ3) is 6.90. The lowest BCUT2D eigenvalue weighted by atomic mass is 10.1. The predicted octanol–water partition coefficient (Wildman–Crippen LogP) is 2.71. The first-order valence-corrected chi connectivity index (χ1v) is 12.3. The lowest BCUT2D eigenvalue weighted by Gasteiger charge is -2.18. The minimum atomic E-state index is -3.53. The van der Waals surface area contributed by atoms with E-state index in [1.807, 2.05) is 6.92 Å². The maximum absolute atomic E-state index is 14.1. The maximum atomic E-state index is 14.1. The van der Waals surface area contributed by atoms with Crippen molar-refractivity contribution in [3.8, 4) is 5.75 Å². The average Bonchev–Trinajstić information content (AvgIpc) is 3.48. The summed E-state index contributed by atoms with van der Waals surface area (Å²) < 4.78 is 47.3. The minimum absolute atomic E-state index is 0.0499. The zero-order chi connectivity index (χ0) is 22.6. The third-order valence-corrected chi connectivity index (χ3v) is 7.16. The van der Waals surface area contributed by atoms with Crippen molar-refractivity contribution >= 4 is 22.0 Å². The van der Waals surface area contributed by atoms with Crippen LogP contribution in [-0.2, 0) is 14.8 Å². The Morgan fingerprint density at radius 1 is 1.23 bits per heavy atom. The molecule has 10 heteroatoms. The Morgan fingerprint density at radius 2 is 1.97 bits per heavy atom. The van der Waals surface area contributed by atoms with E-state index < -0.39 is 27.9 Å². The van der Waals surface area contributed by atoms with Crippen LogP contribution in [-0.4, -0.2) is 50.2 Å². The van der Waals surface area contributed by atoms with E-state index in [-0.39, 0.29) is 30.1 Å². The van der Waals surface area contributed by atoms with Crippen molar-refractivity contribution in [2.75, 3.05) is 18.8 Å². The van der Waals surface area contributed by atoms with Gasteiger partial charge in [-0.25, -0.2) is 22.3 Å². The molecule has 2 aliphatic rings. The van der Waals surface area contributed by atoms with Gasteiger partial charge in [-0.1, -0.05) is 12.5 Å². The molecule has 2 fully saturated rings. The van der Waals surface area contributed by atoms with E-state index in [9.17, 15) is 22.4 Å². The number of unbranched alkanes of at least 4 members (excludes halogenated alkanes) is 2. The fourth-order valence-electron chi connectivity index (χ4n) is 3.57. The van der Waals surface area contributed by atoms with Gasteiger partial charge in [0, 0.05) is 12.6 Å². The number of ether oxygens (including phenoxy) is 1. The fraction of sp³-hybridized carbons (Fsp3) is 0.619. The molecule has 2 N–H and O–H groups in total. The summed E-state index contributed by atoms with van der Waals surface area (Å²) in [5.41, 5.74) is 0.632. The standard InChI is InChI=1S/C21H30FN3O5S/c1-14(17-8-9-18(22)19(12-17)30-15(2)16-6-7-16)24-31(28,29)11-5-3-4-10-25-13-20(26)23-21(25)27/h8-9,12,14-16,24H,3-7,10-11,13H2,1-2H3,(H,23,26,27)/t14-,15?/m1/s1. The molecule has 0 aromatic heterocycles. The Bertz CT molecular complexity index is 920. The molecule has 2 atom stereocenters. The number of nitrogens with one attached hydrogen (secondary N) is 2. The molecule has 1 aromatic rings. The summed E-state index contributed by atoms with van der Waals surface area (Å²) in [5.74, 6) is -0.223. The molecule has 1 heterocycles. The molecule has 1 aliphatic carbocycles. The van der Waals surface area contributed by atoms with Gasteiger partial charge < -0.3 is 9.64 Å². The molecule has 0 bridgehead atoms. The van der Waals surface area contributed by atoms with Crippen LogP contribution in [0.4, 0.5) is 9.18 Å². The van der Waals surface area contributed by atoms with E-state index in [1.54, 1.807) is 19.1 Å². The first kappa shape index (κ1) is 23.5. The number of nitrogens with zero attached hydrogens (tertiary/aromatic N) is 1. The number of sulfonamides is 1. The predicted molar refractivity (Wildman–Crippen MR) is 114 cm³/mol. The van der Waals surface area contributed by atoms with Gasteiger partial charge in [0.1, 0.15) is 6.54 Å². The van der Waals surface area contributed by atoms with Crippen molar-refractivity contribution in [1.82, 2.24) is 14.9 Å². The smallest absolute Gasteiger partial charge is 0.324 e. The second-order valence-corrected chi connectivity index (χ2v) is 10.2. The monoisotopic (exact) mass is 455 g/mol. The van der Waals surface area contributed by atoms with Crippen LogP contribution in [0.15, 0.2) is 18.2 Å². The van der Waals surface area contributed by atoms with Gasteiger partial charge in [-0.3, -0.25) is 10.1 Å². The number of imide groups is 1. The van der Waals surface area contributed by atoms with E-state index >= 15 is 0 Å². The Morgan fingerprint density at radius 3 is 2.61 bits per heavy atom. The topological polar surface area (TPSA) is 105 Å². The fourth-order valence-corrected chi connectivity index (χ4v) is 4.95. The van der Waals surface area contributed by atoms with Gasteiger partial charge in [0.05, 0.1) is 11.9 Å². The SMILES string of the molecule is CC(Oc1cc([C@@H](C)NS(=O)(=O)CCCCCN2CC(=O)NC2=O)ccc1F)C1CC1. The molecule has 0 radical (unpaired) electrons. The van der Waals surface area contributed by atoms with E-state index in [1.165, 1.54) is 11.0 Å². The summed E-state index contributed by atoms with van der Waals surface area (Å²) in [6.07, 6.45) is 3.76. The second kappa shape index (κ2) is 9.95. The summed E-state index contributed by atoms with van der Waals surface area (Å²) in [4.78, 5) is 24.0. The van der Waals surface area contributed by atoms with Gasteiger partial charge in [-0.05, 0) is 63.1 Å². The lowest BCUT2D eigenvalue weighted by Crippen LogP contribution is -2.30. The quantitative estimate of drug-likeness (QED) is 0.372. The number of carbonyl (C=O) groups excluding carboxylic acids is 2. The number of urea groups is 1. The van der Waals surface area contributed by atoms with Gasteiger partial charge in [-0.15, -0.1) is 0 Å². The number of rotatable bonds is 12. The summed E-state index contributed by atoms with van der Waals surface area (Å²) in [5, 5.41) is 2.21. The highest BCUT2D eigenvalue weighted by Crippen LogP contribution is 2.35. The summed E-state index contributed by atoms with van der Waals surface area (Å²) in [7, 11) is -3.53. The molecule has 31 heavy (non-hydrogen) atoms. The van der Waals surface area contributed by atoms with E-state index in [0.717, 1.165) is 12.8 Å². The molecule has 3 amide bonds. The highest BCUT2D eigenvalue weighted by atomic mass is 32.2. The zero-order valence-corrected chi connectivity index (χ0v) is 18.7. The van der Waals surface area contributed by atoms with Crippen molar-refractivity contribution in [1.29, 1.82) is 0 Å². The molecule has 3 rings (SSSR count). The number of hydrogen-bond donors (Lipinski definition) is 2. The zero-order valence-electron chi connectivity index (χ0n) is 17.9. The highest BCUT2D eigenvalue weighted by Gasteiger charge is 2.30. The van der Waals surface area contributed by atoms with Crippen LogP contribution in [0.1, 0.15) is 57.6 Å². The van der Waals surface area contributed by atoms with Crippen LogP contribution in [0.2, 0.25) is 0 Å². The molecule has 1 unspecified atom stereocenters. The van der Waals surface area contributed by atoms with Gasteiger partial charge in [0.25, 0.3) is 0 Å². The van der Waals surface area contributed by atoms with Gasteiger partial charge in [0.15, 0.2) is 11.6 Å². The first-order valence-electron chi connectivity index (χ1n) is 10.7. The molecule has 172 valence electrons. The second-order valence-electron chi connectivity index (χ2n) is 8.34. The van der Waals surface area contributed by atoms with Crippen LogP contribution < -0.4 is 14.8 Å². The molecule has 1 aromatic carbocycles. The van der Waals surface area contributed by atoms with Crippen LogP contribution in [0.5, 0.6) is 5.75 Å². The van der Waals surface area contributed by atoms with Crippen molar-refractivity contribution in [2.24, 2.45) is 5.92 Å². The lowest BCUT2D eigenvalue weighted by molar-refractivity contribution is -0.118. The van der Waals surface area contributed by atoms with Gasteiger partial charge >= 0.3 is 6.03 Å². The van der Waals surface area contributed by atoms with E-state index in [4.69, 9.17) is 4.74 Å². The number of carbonyl (C=O) groups is 2. The molecule has 1 saturated carbocycles. The summed E-state index contributed by atoms with van der Waals surface area (Å²) in [6.45, 7) is 4.10. The Labute approximate surface area is 182 Å². The largest absolute Gasteiger partial charge is 0.487 e. The van der Waals surface area contributed by atoms with Crippen molar-refractivity contribution < 1.29 is 27.1 Å². The average molecular weight is 456 g/mol. The highest BCUT2D eigenvalue weighted by molar-refractivity contribution is 7.89. The number of amides is 3. The number of hydrogen-bond acceptors (Lipinski definition) is 5. The molecule has 1 aliphatic heterocycles. The van der Waals surface area contributed by atoms with Crippen LogP contribution >= 0.6 is 0 Å². The van der Waals surface area contributed by atoms with E-state index in [0.29, 0.717) is 37.3 Å². The summed E-state index contributed by atoms with van der Waals surface area (Å²) >= 11 is 0. The van der Waals surface area contributed by atoms with Crippen molar-refractivity contribution in [2.45, 2.75) is 58.1 Å². The molecule has 1 saturated heterocycles. The Hall–Kier alpha value is -2.20. The molecular formula is C21H30FN3O5S. The van der Waals surface area contributed by atoms with Gasteiger partial charge in [-0.2, -0.15) is 0 Å². The number of benzene rings is 1. The van der Waals surface area contributed by atoms with Crippen LogP contribution in [0.25, 0.3) is 0 Å². The first-order chi connectivity index (χ1) is 14.6. The summed E-state index contributed by atoms with van der Waals surface area (Å²) in [6, 6.07) is 3.49. The normalized spacial score (nSPS) is 18.7. The third-order valence-electron chi connectivity index (χ3n) is 5.62. The Kier molecular flexibility index (Phi) is 7.53. The molecule has 0 spiro atoms. The molecular weight excluding hydrogens is 425 g/mol. The number of halogens is 1.